The molecule has 0 radical (unpaired) electrons. The van der Waals surface area contributed by atoms with Crippen LogP contribution in [0.1, 0.15) is 12.8 Å². The smallest absolute Gasteiger partial charge is 0.324 e. The summed E-state index contributed by atoms with van der Waals surface area (Å²) in [4.78, 5) is 46.8. The summed E-state index contributed by atoms with van der Waals surface area (Å²) < 4.78 is 0. The molecule has 8 nitrogen and oxygen atoms in total. The predicted molar refractivity (Wildman–Crippen MR) is 82.6 cm³/mol. The van der Waals surface area contributed by atoms with Gasteiger partial charge in [-0.05, 0) is 18.9 Å². The maximum atomic E-state index is 12.2. The Kier molecular flexibility index (Phi) is 4.75. The molecule has 1 aromatic rings. The highest BCUT2D eigenvalue weighted by Gasteiger charge is 2.37. The van der Waals surface area contributed by atoms with Crippen LogP contribution in [0.5, 0.6) is 0 Å². The zero-order valence-electron chi connectivity index (χ0n) is 12.5. The van der Waals surface area contributed by atoms with E-state index in [1.807, 2.05) is 0 Å². The molecule has 2 fully saturated rings. The highest BCUT2D eigenvalue weighted by molar-refractivity contribution is 7.99. The van der Waals surface area contributed by atoms with Gasteiger partial charge in [-0.25, -0.2) is 14.8 Å². The molecule has 0 aliphatic carbocycles. The van der Waals surface area contributed by atoms with Gasteiger partial charge in [-0.15, -0.1) is 0 Å². The minimum Gasteiger partial charge on any atom is -0.342 e. The van der Waals surface area contributed by atoms with E-state index in [9.17, 15) is 14.4 Å². The second kappa shape index (κ2) is 6.95. The average molecular weight is 335 g/mol. The van der Waals surface area contributed by atoms with E-state index in [-0.39, 0.29) is 36.2 Å². The van der Waals surface area contributed by atoms with Gasteiger partial charge in [0.15, 0.2) is 5.16 Å². The average Bonchev–Trinajstić information content (AvgIpc) is 2.92. The third-order valence-electron chi connectivity index (χ3n) is 3.93. The van der Waals surface area contributed by atoms with Crippen LogP contribution in [0.2, 0.25) is 0 Å². The largest absolute Gasteiger partial charge is 0.342 e. The molecule has 0 unspecified atom stereocenters. The molecule has 2 aliphatic rings. The number of piperidine rings is 1. The third kappa shape index (κ3) is 3.61. The van der Waals surface area contributed by atoms with Crippen molar-refractivity contribution >= 4 is 29.6 Å². The number of hydrogen-bond donors (Lipinski definition) is 1. The van der Waals surface area contributed by atoms with Gasteiger partial charge in [0, 0.05) is 31.5 Å². The van der Waals surface area contributed by atoms with Crippen molar-refractivity contribution in [3.63, 3.8) is 0 Å². The van der Waals surface area contributed by atoms with Gasteiger partial charge < -0.3 is 10.2 Å². The second-order valence-corrected chi connectivity index (χ2v) is 6.30. The third-order valence-corrected chi connectivity index (χ3v) is 4.79. The van der Waals surface area contributed by atoms with Crippen LogP contribution < -0.4 is 5.32 Å². The monoisotopic (exact) mass is 335 g/mol. The Morgan fingerprint density at radius 3 is 2.57 bits per heavy atom. The summed E-state index contributed by atoms with van der Waals surface area (Å²) in [5.41, 5.74) is 0. The molecule has 3 rings (SSSR count). The molecule has 2 aliphatic heterocycles. The number of hydrogen-bond acceptors (Lipinski definition) is 6. The van der Waals surface area contributed by atoms with E-state index in [0.717, 1.165) is 0 Å². The Bertz CT molecular complexity index is 588. The van der Waals surface area contributed by atoms with Gasteiger partial charge in [-0.2, -0.15) is 0 Å². The first-order chi connectivity index (χ1) is 11.1. The molecule has 23 heavy (non-hydrogen) atoms. The first kappa shape index (κ1) is 15.7. The molecule has 0 spiro atoms. The van der Waals surface area contributed by atoms with Crippen molar-refractivity contribution < 1.29 is 14.4 Å². The van der Waals surface area contributed by atoms with E-state index in [0.29, 0.717) is 31.1 Å². The van der Waals surface area contributed by atoms with Crippen LogP contribution in [0.3, 0.4) is 0 Å². The fourth-order valence-electron chi connectivity index (χ4n) is 2.76. The molecule has 3 heterocycles. The summed E-state index contributed by atoms with van der Waals surface area (Å²) in [5, 5.41) is 3.11. The van der Waals surface area contributed by atoms with Crippen LogP contribution in [0, 0.1) is 0 Å². The summed E-state index contributed by atoms with van der Waals surface area (Å²) in [5.74, 6) is 0.132. The van der Waals surface area contributed by atoms with Gasteiger partial charge in [0.25, 0.3) is 0 Å². The second-order valence-electron chi connectivity index (χ2n) is 5.35. The minimum atomic E-state index is -0.323. The molecule has 0 bridgehead atoms. The van der Waals surface area contributed by atoms with E-state index < -0.39 is 0 Å². The van der Waals surface area contributed by atoms with E-state index >= 15 is 0 Å². The molecule has 122 valence electrons. The minimum absolute atomic E-state index is 0.0260. The highest BCUT2D eigenvalue weighted by atomic mass is 32.2. The van der Waals surface area contributed by atoms with E-state index in [1.165, 1.54) is 16.7 Å². The van der Waals surface area contributed by atoms with Crippen molar-refractivity contribution in [3.05, 3.63) is 18.5 Å². The number of aromatic nitrogens is 2. The standard InChI is InChI=1S/C14H17N5O3S/c20-11-8-17-14(22)19(11)10-2-6-18(7-3-10)12(21)9-23-13-15-4-1-5-16-13/h1,4-5,10H,2-3,6-9H2,(H,17,22). The summed E-state index contributed by atoms with van der Waals surface area (Å²) in [6.07, 6.45) is 4.53. The molecule has 0 aromatic carbocycles. The maximum absolute atomic E-state index is 12.2. The Labute approximate surface area is 137 Å². The molecule has 0 atom stereocenters. The predicted octanol–water partition coefficient (Wildman–Crippen LogP) is 0.111. The van der Waals surface area contributed by atoms with Gasteiger partial charge in [0.2, 0.25) is 11.8 Å². The molecular weight excluding hydrogens is 318 g/mol. The van der Waals surface area contributed by atoms with Crippen LogP contribution in [-0.4, -0.2) is 69.0 Å². The molecule has 4 amide bonds. The number of amides is 4. The van der Waals surface area contributed by atoms with Gasteiger partial charge in [-0.3, -0.25) is 14.5 Å². The lowest BCUT2D eigenvalue weighted by Crippen LogP contribution is -2.49. The van der Waals surface area contributed by atoms with Crippen LogP contribution in [0.25, 0.3) is 0 Å². The van der Waals surface area contributed by atoms with Crippen molar-refractivity contribution in [3.8, 4) is 0 Å². The lowest BCUT2D eigenvalue weighted by molar-refractivity contribution is -0.131. The van der Waals surface area contributed by atoms with Crippen LogP contribution in [-0.2, 0) is 9.59 Å². The number of nitrogens with zero attached hydrogens (tertiary/aromatic N) is 4. The van der Waals surface area contributed by atoms with Crippen LogP contribution in [0.15, 0.2) is 23.6 Å². The Morgan fingerprint density at radius 2 is 1.96 bits per heavy atom. The Morgan fingerprint density at radius 1 is 1.26 bits per heavy atom. The zero-order valence-corrected chi connectivity index (χ0v) is 13.3. The molecular formula is C14H17N5O3S. The maximum Gasteiger partial charge on any atom is 0.324 e. The first-order valence-electron chi connectivity index (χ1n) is 7.42. The number of thioether (sulfide) groups is 1. The lowest BCUT2D eigenvalue weighted by atomic mass is 10.0. The van der Waals surface area contributed by atoms with Crippen LogP contribution in [0.4, 0.5) is 4.79 Å². The Hall–Kier alpha value is -2.16. The number of rotatable bonds is 4. The quantitative estimate of drug-likeness (QED) is 0.477. The highest BCUT2D eigenvalue weighted by Crippen LogP contribution is 2.20. The summed E-state index contributed by atoms with van der Waals surface area (Å²) in [6.45, 7) is 1.18. The number of nitrogens with one attached hydrogen (secondary N) is 1. The van der Waals surface area contributed by atoms with Gasteiger partial charge in [0.1, 0.15) is 0 Å². The SMILES string of the molecule is O=C(CSc1ncccn1)N1CCC(N2C(=O)CNC2=O)CC1. The number of carbonyl (C=O) groups excluding carboxylic acids is 3. The van der Waals surface area contributed by atoms with Crippen molar-refractivity contribution in [2.24, 2.45) is 0 Å². The Balaban J connectivity index is 1.48. The molecule has 2 saturated heterocycles. The fourth-order valence-corrected chi connectivity index (χ4v) is 3.46. The van der Waals surface area contributed by atoms with Crippen molar-refractivity contribution in [1.82, 2.24) is 25.1 Å². The first-order valence-corrected chi connectivity index (χ1v) is 8.41. The van der Waals surface area contributed by atoms with E-state index in [4.69, 9.17) is 0 Å². The van der Waals surface area contributed by atoms with Gasteiger partial charge >= 0.3 is 6.03 Å². The molecule has 1 aromatic heterocycles. The zero-order chi connectivity index (χ0) is 16.2. The molecule has 9 heteroatoms. The number of likely N-dealkylation sites (tertiary alicyclic amines) is 1. The number of urea groups is 1. The van der Waals surface area contributed by atoms with E-state index in [2.05, 4.69) is 15.3 Å². The lowest BCUT2D eigenvalue weighted by Gasteiger charge is -2.35. The normalized spacial score (nSPS) is 19.1. The van der Waals surface area contributed by atoms with Gasteiger partial charge in [-0.1, -0.05) is 11.8 Å². The summed E-state index contributed by atoms with van der Waals surface area (Å²) >= 11 is 1.31. The van der Waals surface area contributed by atoms with Crippen LogP contribution >= 0.6 is 11.8 Å². The van der Waals surface area contributed by atoms with Gasteiger partial charge in [0.05, 0.1) is 12.3 Å². The van der Waals surface area contributed by atoms with Crippen molar-refractivity contribution in [2.75, 3.05) is 25.4 Å². The number of carbonyl (C=O) groups is 3. The van der Waals surface area contributed by atoms with E-state index in [1.54, 1.807) is 23.4 Å². The van der Waals surface area contributed by atoms with Crippen molar-refractivity contribution in [2.45, 2.75) is 24.0 Å². The molecule has 0 saturated carbocycles. The summed E-state index contributed by atoms with van der Waals surface area (Å²) in [7, 11) is 0. The molecule has 1 N–H and O–H groups in total. The van der Waals surface area contributed by atoms with Crippen molar-refractivity contribution in [1.29, 1.82) is 0 Å². The fraction of sp³-hybridized carbons (Fsp3) is 0.500. The number of imide groups is 1. The topological polar surface area (TPSA) is 95.5 Å². The summed E-state index contributed by atoms with van der Waals surface area (Å²) in [6, 6.07) is 1.29.